The number of rotatable bonds is 4. The third-order valence-corrected chi connectivity index (χ3v) is 4.86. The molecule has 6 heteroatoms. The largest absolute Gasteiger partial charge is 0.341 e. The van der Waals surface area contributed by atoms with Crippen LogP contribution in [0.4, 0.5) is 0 Å². The average molecular weight is 375 g/mol. The summed E-state index contributed by atoms with van der Waals surface area (Å²) in [6, 6.07) is 15.2. The van der Waals surface area contributed by atoms with Gasteiger partial charge in [0.1, 0.15) is 6.10 Å². The van der Waals surface area contributed by atoms with Gasteiger partial charge in [-0.05, 0) is 23.8 Å². The summed E-state index contributed by atoms with van der Waals surface area (Å²) in [4.78, 5) is 4.10. The second-order valence-corrected chi connectivity index (χ2v) is 6.78. The number of hydrogen-bond donors (Lipinski definition) is 0. The van der Waals surface area contributed by atoms with Crippen molar-refractivity contribution in [2.45, 2.75) is 18.4 Å². The molecule has 2 unspecified atom stereocenters. The van der Waals surface area contributed by atoms with Crippen molar-refractivity contribution in [2.24, 2.45) is 0 Å². The van der Waals surface area contributed by atoms with E-state index in [0.29, 0.717) is 23.2 Å². The Morgan fingerprint density at radius 2 is 1.92 bits per heavy atom. The van der Waals surface area contributed by atoms with Crippen molar-refractivity contribution in [1.29, 1.82) is 0 Å². The van der Waals surface area contributed by atoms with E-state index in [9.17, 15) is 0 Å². The molecule has 128 valence electrons. The van der Waals surface area contributed by atoms with E-state index in [-0.39, 0.29) is 6.10 Å². The molecule has 0 amide bonds. The lowest BCUT2D eigenvalue weighted by Crippen LogP contribution is -2.33. The number of benzene rings is 2. The van der Waals surface area contributed by atoms with Crippen LogP contribution in [-0.2, 0) is 21.8 Å². The number of hydrogen-bond acceptors (Lipinski definition) is 3. The van der Waals surface area contributed by atoms with E-state index in [1.165, 1.54) is 0 Å². The van der Waals surface area contributed by atoms with Gasteiger partial charge in [-0.2, -0.15) is 0 Å². The van der Waals surface area contributed by atoms with Gasteiger partial charge in [0.25, 0.3) is 0 Å². The molecular weight excluding hydrogens is 359 g/mol. The molecule has 0 radical (unpaired) electrons. The lowest BCUT2D eigenvalue weighted by atomic mass is 10.1. The maximum atomic E-state index is 6.45. The van der Waals surface area contributed by atoms with Crippen molar-refractivity contribution in [3.63, 3.8) is 0 Å². The standard InChI is InChI=1S/C19H16Cl2N2O2/c20-15-7-5-14(6-8-15)18-11-24-19(25-18,12-23-10-9-22-13-23)16-3-1-2-4-17(16)21/h1-10,13,18H,11-12H2. The van der Waals surface area contributed by atoms with E-state index in [0.717, 1.165) is 11.1 Å². The lowest BCUT2D eigenvalue weighted by Gasteiger charge is -2.29. The summed E-state index contributed by atoms with van der Waals surface area (Å²) in [6.45, 7) is 0.891. The third kappa shape index (κ3) is 3.31. The van der Waals surface area contributed by atoms with Crippen LogP contribution in [0.1, 0.15) is 17.2 Å². The molecule has 0 N–H and O–H groups in total. The molecule has 2 atom stereocenters. The molecule has 4 rings (SSSR count). The monoisotopic (exact) mass is 374 g/mol. The maximum absolute atomic E-state index is 6.45. The molecule has 25 heavy (non-hydrogen) atoms. The predicted molar refractivity (Wildman–Crippen MR) is 96.6 cm³/mol. The molecule has 3 aromatic rings. The smallest absolute Gasteiger partial charge is 0.215 e. The molecule has 1 saturated heterocycles. The van der Waals surface area contributed by atoms with Crippen LogP contribution in [0.3, 0.4) is 0 Å². The van der Waals surface area contributed by atoms with Gasteiger partial charge in [-0.15, -0.1) is 0 Å². The summed E-state index contributed by atoms with van der Waals surface area (Å²) >= 11 is 12.4. The molecular formula is C19H16Cl2N2O2. The molecule has 1 aliphatic heterocycles. The fourth-order valence-corrected chi connectivity index (χ4v) is 3.46. The molecule has 1 aromatic heterocycles. The van der Waals surface area contributed by atoms with Gasteiger partial charge in [-0.25, -0.2) is 4.98 Å². The Hall–Kier alpha value is -1.85. The topological polar surface area (TPSA) is 36.3 Å². The Bertz CT molecular complexity index is 852. The van der Waals surface area contributed by atoms with Crippen LogP contribution in [-0.4, -0.2) is 16.2 Å². The molecule has 1 aliphatic rings. The van der Waals surface area contributed by atoms with Crippen molar-refractivity contribution < 1.29 is 9.47 Å². The predicted octanol–water partition coefficient (Wildman–Crippen LogP) is 4.83. The zero-order valence-electron chi connectivity index (χ0n) is 13.3. The summed E-state index contributed by atoms with van der Waals surface area (Å²) in [5, 5.41) is 1.30. The summed E-state index contributed by atoms with van der Waals surface area (Å²) < 4.78 is 14.5. The minimum absolute atomic E-state index is 0.197. The fourth-order valence-electron chi connectivity index (χ4n) is 3.05. The quantitative estimate of drug-likeness (QED) is 0.655. The van der Waals surface area contributed by atoms with Gasteiger partial charge < -0.3 is 14.0 Å². The molecule has 0 aliphatic carbocycles. The van der Waals surface area contributed by atoms with Crippen molar-refractivity contribution in [3.05, 3.63) is 88.4 Å². The minimum atomic E-state index is -0.969. The van der Waals surface area contributed by atoms with E-state index >= 15 is 0 Å². The Kier molecular flexibility index (Phi) is 4.52. The van der Waals surface area contributed by atoms with Crippen LogP contribution in [0, 0.1) is 0 Å². The van der Waals surface area contributed by atoms with Gasteiger partial charge in [-0.3, -0.25) is 0 Å². The SMILES string of the molecule is Clc1ccc(C2COC(Cn3ccnc3)(c3ccccc3Cl)O2)cc1. The second-order valence-electron chi connectivity index (χ2n) is 5.94. The first kappa shape index (κ1) is 16.6. The first-order chi connectivity index (χ1) is 12.2. The Morgan fingerprint density at radius 1 is 1.12 bits per heavy atom. The van der Waals surface area contributed by atoms with Crippen LogP contribution in [0.15, 0.2) is 67.3 Å². The van der Waals surface area contributed by atoms with E-state index in [4.69, 9.17) is 32.7 Å². The maximum Gasteiger partial charge on any atom is 0.215 e. The van der Waals surface area contributed by atoms with Gasteiger partial charge in [0.2, 0.25) is 5.79 Å². The van der Waals surface area contributed by atoms with Gasteiger partial charge in [-0.1, -0.05) is 53.5 Å². The summed E-state index contributed by atoms with van der Waals surface area (Å²) in [7, 11) is 0. The van der Waals surface area contributed by atoms with Gasteiger partial charge in [0.05, 0.1) is 19.5 Å². The molecule has 2 aromatic carbocycles. The summed E-state index contributed by atoms with van der Waals surface area (Å²) in [5.74, 6) is -0.969. The zero-order chi connectivity index (χ0) is 17.3. The van der Waals surface area contributed by atoms with Crippen molar-refractivity contribution in [1.82, 2.24) is 9.55 Å². The number of imidazole rings is 1. The third-order valence-electron chi connectivity index (χ3n) is 4.28. The van der Waals surface area contributed by atoms with Gasteiger partial charge >= 0.3 is 0 Å². The normalized spacial score (nSPS) is 23.0. The fraction of sp³-hybridized carbons (Fsp3) is 0.211. The Labute approximate surface area is 155 Å². The number of halogens is 2. The Morgan fingerprint density at radius 3 is 2.64 bits per heavy atom. The van der Waals surface area contributed by atoms with Crippen LogP contribution < -0.4 is 0 Å². The molecule has 0 spiro atoms. The number of ether oxygens (including phenoxy) is 2. The lowest BCUT2D eigenvalue weighted by molar-refractivity contribution is -0.187. The molecule has 1 fully saturated rings. The van der Waals surface area contributed by atoms with Crippen LogP contribution in [0.5, 0.6) is 0 Å². The second kappa shape index (κ2) is 6.81. The summed E-state index contributed by atoms with van der Waals surface area (Å²) in [6.07, 6.45) is 5.14. The van der Waals surface area contributed by atoms with E-state index in [2.05, 4.69) is 4.98 Å². The highest BCUT2D eigenvalue weighted by atomic mass is 35.5. The van der Waals surface area contributed by atoms with Crippen LogP contribution in [0.25, 0.3) is 0 Å². The van der Waals surface area contributed by atoms with Gasteiger partial charge in [0.15, 0.2) is 0 Å². The average Bonchev–Trinajstić information content (AvgIpc) is 3.27. The van der Waals surface area contributed by atoms with E-state index < -0.39 is 5.79 Å². The summed E-state index contributed by atoms with van der Waals surface area (Å²) in [5.41, 5.74) is 1.82. The van der Waals surface area contributed by atoms with Crippen molar-refractivity contribution in [2.75, 3.05) is 6.61 Å². The molecule has 4 nitrogen and oxygen atoms in total. The van der Waals surface area contributed by atoms with E-state index in [1.54, 1.807) is 12.5 Å². The van der Waals surface area contributed by atoms with Crippen molar-refractivity contribution >= 4 is 23.2 Å². The van der Waals surface area contributed by atoms with Gasteiger partial charge in [0, 0.05) is 28.0 Å². The van der Waals surface area contributed by atoms with Crippen LogP contribution in [0.2, 0.25) is 10.0 Å². The molecule has 0 saturated carbocycles. The minimum Gasteiger partial charge on any atom is -0.341 e. The molecule has 0 bridgehead atoms. The first-order valence-corrected chi connectivity index (χ1v) is 8.70. The molecule has 2 heterocycles. The highest BCUT2D eigenvalue weighted by molar-refractivity contribution is 6.31. The highest BCUT2D eigenvalue weighted by Gasteiger charge is 2.45. The highest BCUT2D eigenvalue weighted by Crippen LogP contribution is 2.44. The zero-order valence-corrected chi connectivity index (χ0v) is 14.8. The number of aromatic nitrogens is 2. The first-order valence-electron chi connectivity index (χ1n) is 7.94. The van der Waals surface area contributed by atoms with Crippen molar-refractivity contribution in [3.8, 4) is 0 Å². The number of nitrogens with zero attached hydrogens (tertiary/aromatic N) is 2. The van der Waals surface area contributed by atoms with Crippen LogP contribution >= 0.6 is 23.2 Å². The Balaban J connectivity index is 1.70. The van der Waals surface area contributed by atoms with E-state index in [1.807, 2.05) is 59.3 Å².